The van der Waals surface area contributed by atoms with Crippen molar-refractivity contribution < 1.29 is 13.9 Å². The van der Waals surface area contributed by atoms with Gasteiger partial charge in [0.25, 0.3) is 0 Å². The number of likely N-dealkylation sites (tertiary alicyclic amines) is 1. The van der Waals surface area contributed by atoms with Crippen molar-refractivity contribution in [1.82, 2.24) is 10.2 Å². The summed E-state index contributed by atoms with van der Waals surface area (Å²) in [6.07, 6.45) is 1.55. The third-order valence-corrected chi connectivity index (χ3v) is 4.84. The highest BCUT2D eigenvalue weighted by atomic mass is 19.1. The first-order valence-electron chi connectivity index (χ1n) is 9.10. The first-order valence-corrected chi connectivity index (χ1v) is 9.10. The van der Waals surface area contributed by atoms with Crippen molar-refractivity contribution in [3.8, 4) is 5.75 Å². The Bertz CT molecular complexity index is 715. The molecule has 0 aliphatic carbocycles. The molecule has 5 heteroatoms. The fraction of sp³-hybridized carbons (Fsp3) is 0.381. The zero-order valence-electron chi connectivity index (χ0n) is 15.0. The largest absolute Gasteiger partial charge is 0.487 e. The van der Waals surface area contributed by atoms with Gasteiger partial charge in [-0.15, -0.1) is 0 Å². The quantitative estimate of drug-likeness (QED) is 0.863. The Kier molecular flexibility index (Phi) is 6.23. The van der Waals surface area contributed by atoms with E-state index in [9.17, 15) is 9.18 Å². The fourth-order valence-corrected chi connectivity index (χ4v) is 3.20. The number of nitrogens with one attached hydrogen (secondary N) is 1. The van der Waals surface area contributed by atoms with Crippen LogP contribution in [0.4, 0.5) is 4.39 Å². The van der Waals surface area contributed by atoms with Crippen molar-refractivity contribution >= 4 is 5.91 Å². The number of halogens is 1. The van der Waals surface area contributed by atoms with Gasteiger partial charge in [0.2, 0.25) is 5.91 Å². The summed E-state index contributed by atoms with van der Waals surface area (Å²) in [5.74, 6) is 0.00511. The third kappa shape index (κ3) is 4.82. The smallest absolute Gasteiger partial charge is 0.237 e. The van der Waals surface area contributed by atoms with E-state index in [1.165, 1.54) is 6.07 Å². The SMILES string of the molecule is CC(C(=O)NCc1ccccc1)N1CCC(Oc2ccccc2F)CC1. The van der Waals surface area contributed by atoms with Gasteiger partial charge in [0, 0.05) is 19.6 Å². The Balaban J connectivity index is 1.45. The molecule has 1 unspecified atom stereocenters. The Morgan fingerprint density at radius 2 is 1.81 bits per heavy atom. The molecule has 1 aliphatic rings. The van der Waals surface area contributed by atoms with Crippen molar-refractivity contribution in [2.24, 2.45) is 0 Å². The summed E-state index contributed by atoms with van der Waals surface area (Å²) in [6, 6.07) is 16.2. The lowest BCUT2D eigenvalue weighted by atomic mass is 10.1. The van der Waals surface area contributed by atoms with Crippen molar-refractivity contribution in [2.75, 3.05) is 13.1 Å². The van der Waals surface area contributed by atoms with E-state index >= 15 is 0 Å². The molecule has 0 aromatic heterocycles. The van der Waals surface area contributed by atoms with Crippen LogP contribution in [0.1, 0.15) is 25.3 Å². The van der Waals surface area contributed by atoms with Gasteiger partial charge >= 0.3 is 0 Å². The molecule has 3 rings (SSSR count). The molecule has 1 heterocycles. The number of amides is 1. The van der Waals surface area contributed by atoms with Gasteiger partial charge in [-0.05, 0) is 37.5 Å². The molecule has 1 amide bonds. The molecular weight excluding hydrogens is 331 g/mol. The molecule has 0 bridgehead atoms. The van der Waals surface area contributed by atoms with Crippen LogP contribution in [0, 0.1) is 5.82 Å². The summed E-state index contributed by atoms with van der Waals surface area (Å²) < 4.78 is 19.5. The predicted molar refractivity (Wildman–Crippen MR) is 99.4 cm³/mol. The zero-order chi connectivity index (χ0) is 18.4. The molecule has 1 atom stereocenters. The van der Waals surface area contributed by atoms with Crippen molar-refractivity contribution in [2.45, 2.75) is 38.5 Å². The zero-order valence-corrected chi connectivity index (χ0v) is 15.0. The van der Waals surface area contributed by atoms with E-state index in [1.54, 1.807) is 18.2 Å². The number of ether oxygens (including phenoxy) is 1. The van der Waals surface area contributed by atoms with E-state index in [0.29, 0.717) is 12.3 Å². The van der Waals surface area contributed by atoms with E-state index in [2.05, 4.69) is 10.2 Å². The van der Waals surface area contributed by atoms with Crippen LogP contribution in [-0.2, 0) is 11.3 Å². The van der Waals surface area contributed by atoms with Gasteiger partial charge < -0.3 is 10.1 Å². The van der Waals surface area contributed by atoms with Gasteiger partial charge in [0.1, 0.15) is 6.10 Å². The average Bonchev–Trinajstić information content (AvgIpc) is 2.69. The van der Waals surface area contributed by atoms with Gasteiger partial charge in [-0.3, -0.25) is 9.69 Å². The van der Waals surface area contributed by atoms with Crippen LogP contribution in [-0.4, -0.2) is 36.0 Å². The molecule has 0 spiro atoms. The lowest BCUT2D eigenvalue weighted by Gasteiger charge is -2.35. The summed E-state index contributed by atoms with van der Waals surface area (Å²) in [5.41, 5.74) is 1.09. The number of nitrogens with zero attached hydrogens (tertiary/aromatic N) is 1. The Morgan fingerprint density at radius 1 is 1.15 bits per heavy atom. The highest BCUT2D eigenvalue weighted by molar-refractivity contribution is 5.81. The molecule has 1 N–H and O–H groups in total. The van der Waals surface area contributed by atoms with Gasteiger partial charge in [-0.25, -0.2) is 4.39 Å². The second-order valence-corrected chi connectivity index (χ2v) is 6.66. The summed E-state index contributed by atoms with van der Waals surface area (Å²) in [4.78, 5) is 14.6. The highest BCUT2D eigenvalue weighted by Crippen LogP contribution is 2.22. The lowest BCUT2D eigenvalue weighted by Crippen LogP contribution is -2.49. The Morgan fingerprint density at radius 3 is 2.50 bits per heavy atom. The van der Waals surface area contributed by atoms with E-state index in [0.717, 1.165) is 31.5 Å². The average molecular weight is 356 g/mol. The topological polar surface area (TPSA) is 41.6 Å². The minimum absolute atomic E-state index is 0.0114. The minimum Gasteiger partial charge on any atom is -0.487 e. The van der Waals surface area contributed by atoms with Crippen molar-refractivity contribution in [3.63, 3.8) is 0 Å². The minimum atomic E-state index is -0.330. The van der Waals surface area contributed by atoms with Crippen LogP contribution in [0.15, 0.2) is 54.6 Å². The van der Waals surface area contributed by atoms with Gasteiger partial charge in [-0.2, -0.15) is 0 Å². The molecule has 138 valence electrons. The Hall–Kier alpha value is -2.40. The van der Waals surface area contributed by atoms with Crippen LogP contribution in [0.3, 0.4) is 0 Å². The Labute approximate surface area is 154 Å². The van der Waals surface area contributed by atoms with Crippen LogP contribution in [0.5, 0.6) is 5.75 Å². The molecule has 0 radical (unpaired) electrons. The van der Waals surface area contributed by atoms with E-state index < -0.39 is 0 Å². The molecule has 1 fully saturated rings. The maximum Gasteiger partial charge on any atom is 0.237 e. The monoisotopic (exact) mass is 356 g/mol. The molecule has 2 aromatic rings. The van der Waals surface area contributed by atoms with Gasteiger partial charge in [-0.1, -0.05) is 42.5 Å². The predicted octanol–water partition coefficient (Wildman–Crippen LogP) is 3.37. The molecule has 1 saturated heterocycles. The second-order valence-electron chi connectivity index (χ2n) is 6.66. The number of hydrogen-bond donors (Lipinski definition) is 1. The number of piperidine rings is 1. The number of para-hydroxylation sites is 1. The first kappa shape index (κ1) is 18.4. The molecule has 2 aromatic carbocycles. The summed E-state index contributed by atoms with van der Waals surface area (Å²) >= 11 is 0. The molecular formula is C21H25FN2O2. The number of benzene rings is 2. The summed E-state index contributed by atoms with van der Waals surface area (Å²) in [7, 11) is 0. The standard InChI is InChI=1S/C21H25FN2O2/c1-16(21(25)23-15-17-7-3-2-4-8-17)24-13-11-18(12-14-24)26-20-10-6-5-9-19(20)22/h2-10,16,18H,11-15H2,1H3,(H,23,25). The van der Waals surface area contributed by atoms with Crippen LogP contribution in [0.25, 0.3) is 0 Å². The number of hydrogen-bond acceptors (Lipinski definition) is 3. The fourth-order valence-electron chi connectivity index (χ4n) is 3.20. The second kappa shape index (κ2) is 8.81. The van der Waals surface area contributed by atoms with Crippen LogP contribution >= 0.6 is 0 Å². The van der Waals surface area contributed by atoms with E-state index in [1.807, 2.05) is 37.3 Å². The molecule has 4 nitrogen and oxygen atoms in total. The van der Waals surface area contributed by atoms with Crippen LogP contribution in [0.2, 0.25) is 0 Å². The maximum atomic E-state index is 13.7. The van der Waals surface area contributed by atoms with Gasteiger partial charge in [0.15, 0.2) is 11.6 Å². The number of rotatable bonds is 6. The van der Waals surface area contributed by atoms with Crippen molar-refractivity contribution in [3.05, 3.63) is 66.0 Å². The normalized spacial score (nSPS) is 16.8. The van der Waals surface area contributed by atoms with Gasteiger partial charge in [0.05, 0.1) is 6.04 Å². The number of carbonyl (C=O) groups excluding carboxylic acids is 1. The highest BCUT2D eigenvalue weighted by Gasteiger charge is 2.27. The third-order valence-electron chi connectivity index (χ3n) is 4.84. The van der Waals surface area contributed by atoms with E-state index in [4.69, 9.17) is 4.74 Å². The molecule has 26 heavy (non-hydrogen) atoms. The van der Waals surface area contributed by atoms with Crippen molar-refractivity contribution in [1.29, 1.82) is 0 Å². The number of carbonyl (C=O) groups is 1. The lowest BCUT2D eigenvalue weighted by molar-refractivity contribution is -0.126. The summed E-state index contributed by atoms with van der Waals surface area (Å²) in [6.45, 7) is 3.99. The summed E-state index contributed by atoms with van der Waals surface area (Å²) in [5, 5.41) is 2.99. The first-order chi connectivity index (χ1) is 12.6. The molecule has 0 saturated carbocycles. The maximum absolute atomic E-state index is 13.7. The van der Waals surface area contributed by atoms with E-state index in [-0.39, 0.29) is 23.9 Å². The van der Waals surface area contributed by atoms with Crippen LogP contribution < -0.4 is 10.1 Å². The molecule has 1 aliphatic heterocycles.